The van der Waals surface area contributed by atoms with Gasteiger partial charge in [0.1, 0.15) is 5.52 Å². The molecule has 2 aliphatic heterocycles. The van der Waals surface area contributed by atoms with Crippen LogP contribution in [0.15, 0.2) is 4.79 Å². The number of ether oxygens (including phenoxy) is 1. The number of hydrogen-bond acceptors (Lipinski definition) is 7. The van der Waals surface area contributed by atoms with Crippen LogP contribution in [-0.2, 0) is 28.4 Å². The molecule has 4 heterocycles. The molecule has 1 saturated carbocycles. The maximum Gasteiger partial charge on any atom is 0.282 e. The summed E-state index contributed by atoms with van der Waals surface area (Å²) in [6, 6.07) is 0. The zero-order valence-electron chi connectivity index (χ0n) is 22.9. The largest absolute Gasteiger partial charge is 0.379 e. The highest BCUT2D eigenvalue weighted by Crippen LogP contribution is 2.29. The summed E-state index contributed by atoms with van der Waals surface area (Å²) in [7, 11) is -1.64. The molecule has 1 aliphatic carbocycles. The van der Waals surface area contributed by atoms with E-state index in [1.807, 2.05) is 0 Å². The Morgan fingerprint density at radius 3 is 2.26 bits per heavy atom. The van der Waals surface area contributed by atoms with Gasteiger partial charge in [0.25, 0.3) is 15.8 Å². The predicted molar refractivity (Wildman–Crippen MR) is 148 cm³/mol. The summed E-state index contributed by atoms with van der Waals surface area (Å²) < 4.78 is 36.4. The van der Waals surface area contributed by atoms with E-state index in [1.165, 1.54) is 32.1 Å². The first-order valence-electron chi connectivity index (χ1n) is 14.4. The summed E-state index contributed by atoms with van der Waals surface area (Å²) in [6.45, 7) is 6.54. The van der Waals surface area contributed by atoms with Crippen LogP contribution in [-0.4, -0.2) is 89.3 Å². The number of anilines is 1. The molecule has 5 rings (SSSR count). The van der Waals surface area contributed by atoms with Gasteiger partial charge < -0.3 is 9.64 Å². The van der Waals surface area contributed by atoms with E-state index in [0.29, 0.717) is 68.2 Å². The van der Waals surface area contributed by atoms with Crippen LogP contribution in [0.4, 0.5) is 5.95 Å². The number of aromatic amines is 1. The first-order chi connectivity index (χ1) is 18.4. The number of fused-ring (bicyclic) bond motifs is 1. The lowest BCUT2D eigenvalue weighted by atomic mass is 9.88. The molecule has 0 bridgehead atoms. The molecule has 0 radical (unpaired) electrons. The Balaban J connectivity index is 1.34. The minimum Gasteiger partial charge on any atom is -0.379 e. The van der Waals surface area contributed by atoms with Crippen LogP contribution in [0.3, 0.4) is 0 Å². The van der Waals surface area contributed by atoms with Crippen molar-refractivity contribution in [1.82, 2.24) is 28.4 Å². The molecule has 2 aromatic rings. The average Bonchev–Trinajstić information content (AvgIpc) is 3.25. The van der Waals surface area contributed by atoms with Gasteiger partial charge in [-0.3, -0.25) is 14.5 Å². The van der Waals surface area contributed by atoms with Crippen LogP contribution >= 0.6 is 0 Å². The number of nitrogens with zero attached hydrogens (tertiary/aromatic N) is 6. The van der Waals surface area contributed by atoms with Gasteiger partial charge in [-0.2, -0.15) is 22.1 Å². The van der Waals surface area contributed by atoms with Gasteiger partial charge in [-0.05, 0) is 43.9 Å². The molecule has 3 aliphatic rings. The number of aromatic nitrogens is 4. The van der Waals surface area contributed by atoms with Gasteiger partial charge in [0.15, 0.2) is 5.52 Å². The maximum absolute atomic E-state index is 13.2. The monoisotopic (exact) mass is 549 g/mol. The lowest BCUT2D eigenvalue weighted by molar-refractivity contribution is 0.0693. The lowest BCUT2D eigenvalue weighted by Crippen LogP contribution is -2.51. The van der Waals surface area contributed by atoms with E-state index in [0.717, 1.165) is 44.5 Å². The number of H-pyrrole nitrogens is 1. The minimum absolute atomic E-state index is 0.151. The third-order valence-electron chi connectivity index (χ3n) is 8.41. The second-order valence-electron chi connectivity index (χ2n) is 11.2. The van der Waals surface area contributed by atoms with E-state index in [-0.39, 0.29) is 5.56 Å². The molecular weight excluding hydrogens is 506 g/mol. The molecule has 2 aromatic heterocycles. The Kier molecular flexibility index (Phi) is 8.71. The summed E-state index contributed by atoms with van der Waals surface area (Å²) in [5, 5.41) is 4.58. The molecule has 11 nitrogen and oxygen atoms in total. The topological polar surface area (TPSA) is 117 Å². The van der Waals surface area contributed by atoms with Gasteiger partial charge in [-0.15, -0.1) is 0 Å². The summed E-state index contributed by atoms with van der Waals surface area (Å²) >= 11 is 0. The van der Waals surface area contributed by atoms with E-state index in [1.54, 1.807) is 20.3 Å². The second kappa shape index (κ2) is 12.0. The minimum atomic E-state index is -3.45. The Bertz CT molecular complexity index is 1240. The van der Waals surface area contributed by atoms with Crippen LogP contribution in [0.5, 0.6) is 0 Å². The number of aryl methyl sites for hydroxylation is 2. The maximum atomic E-state index is 13.2. The van der Waals surface area contributed by atoms with Crippen molar-refractivity contribution in [1.29, 1.82) is 0 Å². The molecule has 0 amide bonds. The lowest BCUT2D eigenvalue weighted by Gasteiger charge is -2.38. The third-order valence-corrected chi connectivity index (χ3v) is 10.4. The molecule has 0 atom stereocenters. The fourth-order valence-electron chi connectivity index (χ4n) is 6.29. The van der Waals surface area contributed by atoms with Crippen LogP contribution in [0.2, 0.25) is 0 Å². The van der Waals surface area contributed by atoms with Gasteiger partial charge in [0, 0.05) is 46.3 Å². The highest BCUT2D eigenvalue weighted by molar-refractivity contribution is 7.86. The molecule has 0 spiro atoms. The first kappa shape index (κ1) is 27.5. The zero-order chi connectivity index (χ0) is 26.7. The summed E-state index contributed by atoms with van der Waals surface area (Å²) in [5.41, 5.74) is 1.95. The van der Waals surface area contributed by atoms with Gasteiger partial charge in [-0.1, -0.05) is 32.6 Å². The highest BCUT2D eigenvalue weighted by Gasteiger charge is 2.34. The molecule has 2 saturated heterocycles. The van der Waals surface area contributed by atoms with Crippen LogP contribution in [0, 0.1) is 11.8 Å². The molecule has 0 unspecified atom stereocenters. The summed E-state index contributed by atoms with van der Waals surface area (Å²) in [5.74, 6) is 1.54. The van der Waals surface area contributed by atoms with E-state index in [2.05, 4.69) is 21.9 Å². The molecule has 212 valence electrons. The zero-order valence-corrected chi connectivity index (χ0v) is 23.7. The second-order valence-corrected chi connectivity index (χ2v) is 13.1. The molecule has 3 fully saturated rings. The normalized spacial score (nSPS) is 21.3. The van der Waals surface area contributed by atoms with E-state index in [9.17, 15) is 13.2 Å². The van der Waals surface area contributed by atoms with Crippen molar-refractivity contribution in [3.63, 3.8) is 0 Å². The van der Waals surface area contributed by atoms with Crippen LogP contribution in [0.25, 0.3) is 11.0 Å². The van der Waals surface area contributed by atoms with E-state index in [4.69, 9.17) is 9.72 Å². The molecular formula is C26H43N7O4S. The van der Waals surface area contributed by atoms with Crippen molar-refractivity contribution in [3.05, 3.63) is 16.0 Å². The molecule has 1 N–H and O–H groups in total. The molecule has 12 heteroatoms. The Morgan fingerprint density at radius 2 is 1.61 bits per heavy atom. The SMILES string of the molecule is CCCc1nn(C)c2c(=O)[nH]c(N(CC3CCCCC3)CC3CCN(S(=O)(=O)N4CCOCC4)CC3)nc12. The van der Waals surface area contributed by atoms with Crippen molar-refractivity contribution in [2.75, 3.05) is 57.4 Å². The summed E-state index contributed by atoms with van der Waals surface area (Å²) in [4.78, 5) is 23.5. The first-order valence-corrected chi connectivity index (χ1v) is 15.8. The molecule has 0 aromatic carbocycles. The van der Waals surface area contributed by atoms with Crippen LogP contribution in [0.1, 0.15) is 64.0 Å². The van der Waals surface area contributed by atoms with E-state index >= 15 is 0 Å². The fraction of sp³-hybridized carbons (Fsp3) is 0.808. The average molecular weight is 550 g/mol. The Hall–Kier alpha value is -2.02. The van der Waals surface area contributed by atoms with Gasteiger partial charge in [0.2, 0.25) is 5.95 Å². The van der Waals surface area contributed by atoms with Crippen molar-refractivity contribution < 1.29 is 13.2 Å². The van der Waals surface area contributed by atoms with Gasteiger partial charge in [0.05, 0.1) is 18.9 Å². The quantitative estimate of drug-likeness (QED) is 0.510. The fourth-order valence-corrected chi connectivity index (χ4v) is 7.90. The summed E-state index contributed by atoms with van der Waals surface area (Å²) in [6.07, 6.45) is 9.52. The highest BCUT2D eigenvalue weighted by atomic mass is 32.2. The number of hydrogen-bond donors (Lipinski definition) is 1. The van der Waals surface area contributed by atoms with Crippen molar-refractivity contribution in [2.45, 2.75) is 64.7 Å². The van der Waals surface area contributed by atoms with Crippen LogP contribution < -0.4 is 10.5 Å². The third kappa shape index (κ3) is 5.93. The number of piperidine rings is 1. The predicted octanol–water partition coefficient (Wildman–Crippen LogP) is 2.28. The van der Waals surface area contributed by atoms with Gasteiger partial charge in [-0.25, -0.2) is 4.98 Å². The van der Waals surface area contributed by atoms with Crippen molar-refractivity contribution in [2.24, 2.45) is 18.9 Å². The van der Waals surface area contributed by atoms with Crippen molar-refractivity contribution in [3.8, 4) is 0 Å². The Morgan fingerprint density at radius 1 is 0.974 bits per heavy atom. The van der Waals surface area contributed by atoms with Crippen molar-refractivity contribution >= 4 is 27.2 Å². The van der Waals surface area contributed by atoms with E-state index < -0.39 is 10.2 Å². The Labute approximate surface area is 225 Å². The molecule has 38 heavy (non-hydrogen) atoms. The number of rotatable bonds is 9. The standard InChI is InChI=1S/C26H43N7O4S/c1-3-7-22-23-24(30(2)29-22)25(34)28-26(27-23)31(18-20-8-5-4-6-9-20)19-21-10-12-32(13-11-21)38(35,36)33-14-16-37-17-15-33/h20-21H,3-19H2,1-2H3,(H,27,28,34). The number of morpholine rings is 1. The van der Waals surface area contributed by atoms with Gasteiger partial charge >= 0.3 is 0 Å². The number of nitrogens with one attached hydrogen (secondary N) is 1. The smallest absolute Gasteiger partial charge is 0.282 e.